The number of allylic oxidation sites excluding steroid dienone is 4. The fourth-order valence-corrected chi connectivity index (χ4v) is 12.6. The Kier molecular flexibility index (Phi) is 64.4. The molecule has 0 amide bonds. The van der Waals surface area contributed by atoms with Crippen LogP contribution in [-0.2, 0) is 65.4 Å². The Morgan fingerprint density at radius 3 is 0.937 bits per heavy atom. The van der Waals surface area contributed by atoms with E-state index in [4.69, 9.17) is 37.0 Å². The average Bonchev–Trinajstić information content (AvgIpc) is 1.32. The van der Waals surface area contributed by atoms with E-state index in [9.17, 15) is 43.2 Å². The molecule has 0 aliphatic carbocycles. The van der Waals surface area contributed by atoms with Crippen LogP contribution in [0, 0.1) is 17.8 Å². The van der Waals surface area contributed by atoms with Gasteiger partial charge in [-0.2, -0.15) is 0 Å². The molecule has 0 aromatic carbocycles. The third-order valence-electron chi connectivity index (χ3n) is 17.4. The lowest BCUT2D eigenvalue weighted by Gasteiger charge is -2.21. The van der Waals surface area contributed by atoms with Gasteiger partial charge in [0, 0.05) is 25.7 Å². The van der Waals surface area contributed by atoms with Crippen LogP contribution < -0.4 is 0 Å². The van der Waals surface area contributed by atoms with Crippen LogP contribution in [0.2, 0.25) is 0 Å². The van der Waals surface area contributed by atoms with Crippen molar-refractivity contribution in [3.63, 3.8) is 0 Å². The first-order valence-corrected chi connectivity index (χ1v) is 41.7. The Morgan fingerprint density at radius 2 is 0.621 bits per heavy atom. The Hall–Kier alpha value is -2.46. The smallest absolute Gasteiger partial charge is 0.462 e. The van der Waals surface area contributed by atoms with E-state index in [0.29, 0.717) is 31.6 Å². The zero-order chi connectivity index (χ0) is 70.1. The highest BCUT2D eigenvalue weighted by Gasteiger charge is 2.30. The fraction of sp³-hybridized carbons (Fsp3) is 0.895. The van der Waals surface area contributed by atoms with Gasteiger partial charge in [-0.15, -0.1) is 0 Å². The largest absolute Gasteiger partial charge is 0.472 e. The minimum Gasteiger partial charge on any atom is -0.462 e. The summed E-state index contributed by atoms with van der Waals surface area (Å²) in [5.74, 6) is 0.127. The molecule has 0 saturated carbocycles. The van der Waals surface area contributed by atoms with Gasteiger partial charge in [0.2, 0.25) is 0 Å². The molecule has 0 heterocycles. The van der Waals surface area contributed by atoms with E-state index in [0.717, 1.165) is 121 Å². The molecule has 0 spiro atoms. The molecule has 0 bridgehead atoms. The van der Waals surface area contributed by atoms with Crippen molar-refractivity contribution < 1.29 is 80.2 Å². The van der Waals surface area contributed by atoms with Crippen LogP contribution in [0.5, 0.6) is 0 Å². The quantitative estimate of drug-likeness (QED) is 0.0169. The minimum atomic E-state index is -4.96. The molecule has 17 nitrogen and oxygen atoms in total. The molecule has 3 unspecified atom stereocenters. The second-order valence-electron chi connectivity index (χ2n) is 27.9. The van der Waals surface area contributed by atoms with E-state index < -0.39 is 97.5 Å². The first kappa shape index (κ1) is 92.5. The summed E-state index contributed by atoms with van der Waals surface area (Å²) < 4.78 is 68.4. The van der Waals surface area contributed by atoms with Gasteiger partial charge in [0.25, 0.3) is 0 Å². The number of aliphatic hydroxyl groups excluding tert-OH is 1. The first-order chi connectivity index (χ1) is 45.8. The molecular weight excluding hydrogens is 1250 g/mol. The predicted molar refractivity (Wildman–Crippen MR) is 386 cm³/mol. The minimum absolute atomic E-state index is 0.0844. The number of carbonyl (C=O) groups is 4. The van der Waals surface area contributed by atoms with Crippen molar-refractivity contribution in [3.05, 3.63) is 24.3 Å². The van der Waals surface area contributed by atoms with Gasteiger partial charge in [-0.3, -0.25) is 37.3 Å². The third kappa shape index (κ3) is 68.5. The van der Waals surface area contributed by atoms with E-state index >= 15 is 0 Å². The second-order valence-corrected chi connectivity index (χ2v) is 30.8. The van der Waals surface area contributed by atoms with Gasteiger partial charge in [0.1, 0.15) is 19.3 Å². The Morgan fingerprint density at radius 1 is 0.347 bits per heavy atom. The number of aliphatic hydroxyl groups is 1. The number of hydrogen-bond acceptors (Lipinski definition) is 15. The van der Waals surface area contributed by atoms with Crippen molar-refractivity contribution in [2.75, 3.05) is 39.6 Å². The molecule has 6 atom stereocenters. The lowest BCUT2D eigenvalue weighted by atomic mass is 9.99. The van der Waals surface area contributed by atoms with E-state index in [1.54, 1.807) is 0 Å². The maximum Gasteiger partial charge on any atom is 0.472 e. The van der Waals surface area contributed by atoms with E-state index in [1.165, 1.54) is 154 Å². The van der Waals surface area contributed by atoms with Crippen LogP contribution >= 0.6 is 15.6 Å². The zero-order valence-electron chi connectivity index (χ0n) is 61.6. The summed E-state index contributed by atoms with van der Waals surface area (Å²) in [5, 5.41) is 10.6. The highest BCUT2D eigenvalue weighted by Crippen LogP contribution is 2.45. The number of hydrogen-bond donors (Lipinski definition) is 3. The van der Waals surface area contributed by atoms with Crippen LogP contribution in [-0.4, -0.2) is 96.7 Å². The molecule has 0 aliphatic rings. The zero-order valence-corrected chi connectivity index (χ0v) is 63.4. The SMILES string of the molecule is CCCCCC/C=C\C=C/CCCCCCCC(=O)O[C@H](COC(=O)CCCCCCCCCCCCC(C)C)COP(=O)(O)OC[C@@H](O)COP(=O)(O)OC[C@@H](COC(=O)CCCCCCCCC(C)C)OC(=O)CCCCCCCCCCCCCCCCC(C)CC. The summed E-state index contributed by atoms with van der Waals surface area (Å²) in [5.41, 5.74) is 0. The van der Waals surface area contributed by atoms with Gasteiger partial charge in [-0.1, -0.05) is 310 Å². The summed E-state index contributed by atoms with van der Waals surface area (Å²) >= 11 is 0. The van der Waals surface area contributed by atoms with Crippen LogP contribution in [0.25, 0.3) is 0 Å². The highest BCUT2D eigenvalue weighted by molar-refractivity contribution is 7.47. The second kappa shape index (κ2) is 66.1. The molecule has 0 saturated heterocycles. The number of rotatable bonds is 72. The lowest BCUT2D eigenvalue weighted by Crippen LogP contribution is -2.30. The summed E-state index contributed by atoms with van der Waals surface area (Å²) in [6, 6.07) is 0. The Labute approximate surface area is 580 Å². The van der Waals surface area contributed by atoms with Gasteiger partial charge < -0.3 is 33.8 Å². The van der Waals surface area contributed by atoms with Crippen molar-refractivity contribution in [2.45, 2.75) is 381 Å². The van der Waals surface area contributed by atoms with Crippen molar-refractivity contribution in [1.82, 2.24) is 0 Å². The van der Waals surface area contributed by atoms with Gasteiger partial charge >= 0.3 is 39.5 Å². The number of carbonyl (C=O) groups excluding carboxylic acids is 4. The maximum atomic E-state index is 13.1. The predicted octanol–water partition coefficient (Wildman–Crippen LogP) is 21.7. The van der Waals surface area contributed by atoms with Gasteiger partial charge in [-0.25, -0.2) is 9.13 Å². The van der Waals surface area contributed by atoms with Crippen LogP contribution in [0.4, 0.5) is 0 Å². The van der Waals surface area contributed by atoms with E-state index in [-0.39, 0.29) is 25.7 Å². The Balaban J connectivity index is 5.26. The topological polar surface area (TPSA) is 237 Å². The average molecular weight is 1390 g/mol. The number of phosphoric ester groups is 2. The van der Waals surface area contributed by atoms with Gasteiger partial charge in [0.05, 0.1) is 26.4 Å². The number of unbranched alkanes of at least 4 members (excludes halogenated alkanes) is 36. The number of phosphoric acid groups is 2. The fourth-order valence-electron chi connectivity index (χ4n) is 11.0. The summed E-state index contributed by atoms with van der Waals surface area (Å²) in [7, 11) is -9.92. The standard InChI is InChI=1S/C76H144O17P2/c1-8-10-11-12-13-14-15-16-17-21-24-31-36-45-52-59-75(80)92-71(63-86-73(78)57-50-43-35-30-27-26-28-33-40-47-54-67(3)4)65-90-94(82,83)88-61-70(77)62-89-95(84,85)91-66-72(64-87-74(79)58-51-44-39-38-41-48-55-68(5)6)93-76(81)60-53-46-37-32-25-22-19-18-20-23-29-34-42-49-56-69(7)9-2/h14-17,67-72,77H,8-13,18-66H2,1-7H3,(H,82,83)(H,84,85)/b15-14-,17-16-/t69?,70-,71-,72-/m1/s1. The van der Waals surface area contributed by atoms with Crippen molar-refractivity contribution in [3.8, 4) is 0 Å². The molecule has 3 N–H and O–H groups in total. The molecule has 560 valence electrons. The lowest BCUT2D eigenvalue weighted by molar-refractivity contribution is -0.161. The summed E-state index contributed by atoms with van der Waals surface area (Å²) in [6.45, 7) is 11.8. The first-order valence-electron chi connectivity index (χ1n) is 38.7. The van der Waals surface area contributed by atoms with Gasteiger partial charge in [0.15, 0.2) is 12.2 Å². The molecule has 0 aliphatic heterocycles. The molecular formula is C76H144O17P2. The summed E-state index contributed by atoms with van der Waals surface area (Å²) in [4.78, 5) is 72.7. The van der Waals surface area contributed by atoms with Crippen LogP contribution in [0.15, 0.2) is 24.3 Å². The monoisotopic (exact) mass is 1390 g/mol. The maximum absolute atomic E-state index is 13.1. The van der Waals surface area contributed by atoms with E-state index in [1.807, 2.05) is 0 Å². The van der Waals surface area contributed by atoms with Crippen LogP contribution in [0.1, 0.15) is 363 Å². The highest BCUT2D eigenvalue weighted by atomic mass is 31.2. The third-order valence-corrected chi connectivity index (χ3v) is 19.3. The molecule has 0 aromatic heterocycles. The van der Waals surface area contributed by atoms with Crippen LogP contribution in [0.3, 0.4) is 0 Å². The molecule has 0 fully saturated rings. The summed E-state index contributed by atoms with van der Waals surface area (Å²) in [6.07, 6.45) is 55.0. The molecule has 95 heavy (non-hydrogen) atoms. The Bertz CT molecular complexity index is 1950. The normalized spacial score (nSPS) is 14.5. The molecule has 0 aromatic rings. The van der Waals surface area contributed by atoms with Crippen molar-refractivity contribution in [2.24, 2.45) is 17.8 Å². The van der Waals surface area contributed by atoms with Gasteiger partial charge in [-0.05, 0) is 69.1 Å². The number of esters is 4. The molecule has 19 heteroatoms. The molecule has 0 radical (unpaired) electrons. The number of ether oxygens (including phenoxy) is 4. The molecule has 0 rings (SSSR count). The van der Waals surface area contributed by atoms with Crippen molar-refractivity contribution in [1.29, 1.82) is 0 Å². The van der Waals surface area contributed by atoms with Crippen molar-refractivity contribution >= 4 is 39.5 Å². The van der Waals surface area contributed by atoms with E-state index in [2.05, 4.69) is 72.8 Å².